The number of sulfonamides is 1. The molecule has 0 heterocycles. The first kappa shape index (κ1) is 26.2. The van der Waals surface area contributed by atoms with E-state index in [2.05, 4.69) is 10.0 Å². The fourth-order valence-electron chi connectivity index (χ4n) is 3.55. The highest BCUT2D eigenvalue weighted by atomic mass is 35.5. The first-order chi connectivity index (χ1) is 16.6. The molecule has 0 aliphatic rings. The lowest BCUT2D eigenvalue weighted by Crippen LogP contribution is -2.38. The van der Waals surface area contributed by atoms with Crippen molar-refractivity contribution in [3.63, 3.8) is 0 Å². The van der Waals surface area contributed by atoms with Crippen LogP contribution in [-0.4, -0.2) is 39.2 Å². The Balaban J connectivity index is 1.72. The molecule has 1 amide bonds. The van der Waals surface area contributed by atoms with Crippen LogP contribution >= 0.6 is 11.6 Å². The fourth-order valence-corrected chi connectivity index (χ4v) is 4.31. The third kappa shape index (κ3) is 8.42. The normalized spacial score (nSPS) is 12.0. The van der Waals surface area contributed by atoms with Crippen molar-refractivity contribution >= 4 is 39.2 Å². The topological polar surface area (TPSA) is 102 Å². The van der Waals surface area contributed by atoms with Crippen LogP contribution in [0, 0.1) is 0 Å². The van der Waals surface area contributed by atoms with E-state index in [1.54, 1.807) is 6.92 Å². The number of esters is 1. The molecule has 2 N–H and O–H groups in total. The van der Waals surface area contributed by atoms with Gasteiger partial charge in [-0.1, -0.05) is 48.0 Å². The van der Waals surface area contributed by atoms with Crippen molar-refractivity contribution in [3.8, 4) is 11.1 Å². The van der Waals surface area contributed by atoms with Crippen LogP contribution in [-0.2, 0) is 26.0 Å². The Morgan fingerprint density at radius 2 is 1.66 bits per heavy atom. The van der Waals surface area contributed by atoms with Crippen molar-refractivity contribution in [2.24, 2.45) is 0 Å². The van der Waals surface area contributed by atoms with Crippen molar-refractivity contribution in [1.82, 2.24) is 5.32 Å². The number of hydrogen-bond donors (Lipinski definition) is 2. The number of hydrogen-bond acceptors (Lipinski definition) is 5. The van der Waals surface area contributed by atoms with Gasteiger partial charge in [0.2, 0.25) is 10.0 Å². The second kappa shape index (κ2) is 11.9. The van der Waals surface area contributed by atoms with E-state index in [4.69, 9.17) is 16.3 Å². The number of nitrogens with one attached hydrogen (secondary N) is 2. The zero-order valence-corrected chi connectivity index (χ0v) is 21.0. The molecule has 0 aromatic heterocycles. The van der Waals surface area contributed by atoms with E-state index in [1.165, 1.54) is 24.3 Å². The smallest absolute Gasteiger partial charge is 0.307 e. The zero-order chi connectivity index (χ0) is 25.4. The Bertz CT molecular complexity index is 1280. The summed E-state index contributed by atoms with van der Waals surface area (Å²) in [5, 5.41) is 3.55. The van der Waals surface area contributed by atoms with Gasteiger partial charge >= 0.3 is 5.97 Å². The van der Waals surface area contributed by atoms with Gasteiger partial charge in [0, 0.05) is 22.3 Å². The number of ether oxygens (including phenoxy) is 1. The number of halogens is 1. The SMILES string of the molecule is CCOC(=O)C[C@@H](Cc1ccc(-c2cccc(Cl)c2)cc1)NC(=O)c1ccc(NS(C)(=O)=O)cc1. The van der Waals surface area contributed by atoms with Gasteiger partial charge in [-0.2, -0.15) is 0 Å². The largest absolute Gasteiger partial charge is 0.466 e. The molecular weight excluding hydrogens is 488 g/mol. The lowest BCUT2D eigenvalue weighted by molar-refractivity contribution is -0.143. The average molecular weight is 515 g/mol. The molecule has 3 aromatic carbocycles. The van der Waals surface area contributed by atoms with Gasteiger partial charge in [0.15, 0.2) is 0 Å². The Morgan fingerprint density at radius 3 is 2.26 bits per heavy atom. The molecule has 3 rings (SSSR count). The summed E-state index contributed by atoms with van der Waals surface area (Å²) in [5.74, 6) is -0.776. The fraction of sp³-hybridized carbons (Fsp3) is 0.231. The van der Waals surface area contributed by atoms with Crippen LogP contribution in [0.1, 0.15) is 29.3 Å². The molecule has 0 unspecified atom stereocenters. The number of amides is 1. The van der Waals surface area contributed by atoms with Crippen molar-refractivity contribution in [2.75, 3.05) is 17.6 Å². The summed E-state index contributed by atoms with van der Waals surface area (Å²) in [6, 6.07) is 21.0. The Labute approximate surface area is 210 Å². The molecule has 35 heavy (non-hydrogen) atoms. The van der Waals surface area contributed by atoms with E-state index < -0.39 is 22.0 Å². The van der Waals surface area contributed by atoms with E-state index in [0.717, 1.165) is 22.9 Å². The van der Waals surface area contributed by atoms with Crippen molar-refractivity contribution in [3.05, 3.63) is 88.9 Å². The second-order valence-electron chi connectivity index (χ2n) is 8.04. The van der Waals surface area contributed by atoms with Gasteiger partial charge in [0.25, 0.3) is 5.91 Å². The first-order valence-corrected chi connectivity index (χ1v) is 13.3. The molecule has 0 aliphatic carbocycles. The Kier molecular flexibility index (Phi) is 8.89. The minimum atomic E-state index is -3.41. The summed E-state index contributed by atoms with van der Waals surface area (Å²) >= 11 is 6.09. The number of benzene rings is 3. The van der Waals surface area contributed by atoms with Gasteiger partial charge in [-0.25, -0.2) is 8.42 Å². The van der Waals surface area contributed by atoms with E-state index in [-0.39, 0.29) is 18.9 Å². The highest BCUT2D eigenvalue weighted by Crippen LogP contribution is 2.23. The molecule has 184 valence electrons. The molecule has 0 spiro atoms. The lowest BCUT2D eigenvalue weighted by atomic mass is 9.99. The van der Waals surface area contributed by atoms with Gasteiger partial charge in [0.1, 0.15) is 0 Å². The van der Waals surface area contributed by atoms with Crippen LogP contribution in [0.2, 0.25) is 5.02 Å². The average Bonchev–Trinajstić information content (AvgIpc) is 2.79. The zero-order valence-electron chi connectivity index (χ0n) is 19.5. The monoisotopic (exact) mass is 514 g/mol. The molecule has 0 saturated heterocycles. The molecule has 7 nitrogen and oxygen atoms in total. The molecule has 9 heteroatoms. The van der Waals surface area contributed by atoms with Crippen LogP contribution in [0.3, 0.4) is 0 Å². The van der Waals surface area contributed by atoms with Crippen molar-refractivity contribution in [1.29, 1.82) is 0 Å². The van der Waals surface area contributed by atoms with E-state index in [1.807, 2.05) is 48.5 Å². The van der Waals surface area contributed by atoms with Crippen LogP contribution in [0.5, 0.6) is 0 Å². The summed E-state index contributed by atoms with van der Waals surface area (Å²) in [6.07, 6.45) is 1.49. The van der Waals surface area contributed by atoms with Gasteiger partial charge in [-0.05, 0) is 66.4 Å². The van der Waals surface area contributed by atoms with Crippen LogP contribution in [0.15, 0.2) is 72.8 Å². The molecule has 0 aliphatic heterocycles. The summed E-state index contributed by atoms with van der Waals surface area (Å²) < 4.78 is 30.2. The molecule has 0 fully saturated rings. The molecular formula is C26H27ClN2O5S. The summed E-state index contributed by atoms with van der Waals surface area (Å²) in [7, 11) is -3.41. The van der Waals surface area contributed by atoms with Gasteiger partial charge in [-0.15, -0.1) is 0 Å². The Hall–Kier alpha value is -3.36. The second-order valence-corrected chi connectivity index (χ2v) is 10.2. The standard InChI is InChI=1S/C26H27ClN2O5S/c1-3-34-25(30)17-24(28-26(31)20-11-13-23(14-12-20)29-35(2,32)33)15-18-7-9-19(10-8-18)21-5-4-6-22(27)16-21/h4-14,16,24,29H,3,15,17H2,1-2H3,(H,28,31)/t24-/m1/s1. The van der Waals surface area contributed by atoms with Gasteiger partial charge < -0.3 is 10.1 Å². The third-order valence-electron chi connectivity index (χ3n) is 5.10. The minimum Gasteiger partial charge on any atom is -0.466 e. The quantitative estimate of drug-likeness (QED) is 0.383. The third-order valence-corrected chi connectivity index (χ3v) is 5.94. The predicted molar refractivity (Wildman–Crippen MR) is 138 cm³/mol. The lowest BCUT2D eigenvalue weighted by Gasteiger charge is -2.19. The van der Waals surface area contributed by atoms with E-state index in [9.17, 15) is 18.0 Å². The van der Waals surface area contributed by atoms with Crippen LogP contribution in [0.4, 0.5) is 5.69 Å². The molecule has 0 saturated carbocycles. The minimum absolute atomic E-state index is 0.0172. The summed E-state index contributed by atoms with van der Waals surface area (Å²) in [5.41, 5.74) is 3.64. The Morgan fingerprint density at radius 1 is 0.971 bits per heavy atom. The molecule has 0 radical (unpaired) electrons. The number of carbonyl (C=O) groups is 2. The van der Waals surface area contributed by atoms with Crippen LogP contribution < -0.4 is 10.0 Å². The maximum Gasteiger partial charge on any atom is 0.307 e. The molecule has 3 aromatic rings. The van der Waals surface area contributed by atoms with Gasteiger partial charge in [0.05, 0.1) is 19.3 Å². The highest BCUT2D eigenvalue weighted by Gasteiger charge is 2.19. The highest BCUT2D eigenvalue weighted by molar-refractivity contribution is 7.92. The first-order valence-electron chi connectivity index (χ1n) is 11.0. The van der Waals surface area contributed by atoms with E-state index in [0.29, 0.717) is 22.7 Å². The molecule has 0 bridgehead atoms. The summed E-state index contributed by atoms with van der Waals surface area (Å²) in [4.78, 5) is 25.0. The maximum absolute atomic E-state index is 12.8. The van der Waals surface area contributed by atoms with Crippen LogP contribution in [0.25, 0.3) is 11.1 Å². The van der Waals surface area contributed by atoms with Crippen molar-refractivity contribution < 1.29 is 22.7 Å². The van der Waals surface area contributed by atoms with Crippen molar-refractivity contribution in [2.45, 2.75) is 25.8 Å². The summed E-state index contributed by atoms with van der Waals surface area (Å²) in [6.45, 7) is 1.98. The number of rotatable bonds is 10. The van der Waals surface area contributed by atoms with E-state index >= 15 is 0 Å². The number of carbonyl (C=O) groups excluding carboxylic acids is 2. The van der Waals surface area contributed by atoms with Gasteiger partial charge in [-0.3, -0.25) is 14.3 Å². The molecule has 1 atom stereocenters. The predicted octanol–water partition coefficient (Wildman–Crippen LogP) is 4.67. The number of anilines is 1. The maximum atomic E-state index is 12.8.